The van der Waals surface area contributed by atoms with Crippen molar-refractivity contribution in [2.45, 2.75) is 143 Å². The highest BCUT2D eigenvalue weighted by Crippen LogP contribution is 2.42. The van der Waals surface area contributed by atoms with Crippen LogP contribution < -0.4 is 29.1 Å². The second-order valence-corrected chi connectivity index (χ2v) is 23.5. The molecule has 0 atom stereocenters. The van der Waals surface area contributed by atoms with Crippen LogP contribution in [0.25, 0.3) is 66.2 Å². The molecule has 0 aliphatic carbocycles. The Labute approximate surface area is 456 Å². The van der Waals surface area contributed by atoms with E-state index in [0.29, 0.717) is 35.5 Å². The summed E-state index contributed by atoms with van der Waals surface area (Å²) in [6, 6.07) is 35.7. The van der Waals surface area contributed by atoms with Crippen LogP contribution in [0.2, 0.25) is 0 Å². The second-order valence-electron chi connectivity index (χ2n) is 23.5. The van der Waals surface area contributed by atoms with E-state index in [4.69, 9.17) is 9.47 Å². The Kier molecular flexibility index (Phi) is 14.7. The summed E-state index contributed by atoms with van der Waals surface area (Å²) in [5, 5.41) is 23.8. The lowest BCUT2D eigenvalue weighted by atomic mass is 9.84. The SMILES string of the molecule is CCCCCCCCOc1ccc(-c2c3c4n(c(-c5ccc(OCCCCCCCC)cc5)c3c3n2[B-](F)(F)[n+]2c(ccc5cc(C(C)(C)C)ccc52)C=3C#N)[B-](F)(F)[n+]2c(ccc3cc(C(C)(C)C)ccc32)C=4C#N)cc1. The molecule has 402 valence electrons. The van der Waals surface area contributed by atoms with E-state index in [0.717, 1.165) is 93.2 Å². The fraction of sp³-hybridized carbons (Fsp3) is 0.375. The number of unbranched alkanes of at least 4 members (excludes halogenated alkanes) is 10. The standard InChI is InChI=1S/C64H70B2F4N6O2/c1-9-11-13-15-17-19-37-77-49-29-21-43(22-30-49)59-57-58(62-52(42-72)56-34-26-45-39-47(63(3,4)5)27-35-53(45)73(56)65(67,68)75(59)62)60(44-23-31-50(32-24-44)78-38-20-18-16-14-12-10-2)76-61(57)51(41-71)55-33-25-46-40-48(64(6,7)8)28-36-54(46)74(55)66(76,69)70/h21-36,39-40H,9-20,37-38H2,1-8H3. The molecule has 4 aromatic heterocycles. The number of hydrogen-bond donors (Lipinski definition) is 0. The molecule has 0 spiro atoms. The van der Waals surface area contributed by atoms with Crippen molar-refractivity contribution in [1.29, 1.82) is 10.5 Å². The van der Waals surface area contributed by atoms with Gasteiger partial charge in [-0.25, -0.2) is 0 Å². The zero-order valence-corrected chi connectivity index (χ0v) is 46.5. The van der Waals surface area contributed by atoms with E-state index in [1.807, 2.05) is 24.3 Å². The second kappa shape index (κ2) is 21.1. The summed E-state index contributed by atoms with van der Waals surface area (Å²) in [6.07, 6.45) is 13.0. The van der Waals surface area contributed by atoms with Crippen LogP contribution in [0.5, 0.6) is 11.5 Å². The monoisotopic (exact) mass is 1050 g/mol. The molecule has 8 aromatic rings. The predicted octanol–water partition coefficient (Wildman–Crippen LogP) is 14.3. The summed E-state index contributed by atoms with van der Waals surface area (Å²) in [5.41, 5.74) is 1.73. The molecule has 2 aliphatic rings. The summed E-state index contributed by atoms with van der Waals surface area (Å²) in [4.78, 5) is 0. The molecular formula is C64H70B2F4N6O2. The van der Waals surface area contributed by atoms with Gasteiger partial charge in [-0.15, -0.1) is 0 Å². The molecule has 4 aromatic carbocycles. The first kappa shape index (κ1) is 54.1. The lowest BCUT2D eigenvalue weighted by Gasteiger charge is -2.32. The average Bonchev–Trinajstić information content (AvgIpc) is 3.84. The van der Waals surface area contributed by atoms with Crippen LogP contribution in [0.15, 0.2) is 109 Å². The number of hydrogen-bond acceptors (Lipinski definition) is 4. The number of benzene rings is 4. The van der Waals surface area contributed by atoms with Crippen molar-refractivity contribution in [3.63, 3.8) is 0 Å². The van der Waals surface area contributed by atoms with Crippen LogP contribution in [0, 0.1) is 22.7 Å². The summed E-state index contributed by atoms with van der Waals surface area (Å²) in [5.74, 6) is 1.06. The highest BCUT2D eigenvalue weighted by molar-refractivity contribution is 6.59. The summed E-state index contributed by atoms with van der Waals surface area (Å²) < 4.78 is 91.9. The molecule has 0 radical (unpaired) electrons. The molecule has 8 nitrogen and oxygen atoms in total. The Morgan fingerprint density at radius 3 is 1.18 bits per heavy atom. The van der Waals surface area contributed by atoms with Gasteiger partial charge in [-0.2, -0.15) is 10.5 Å². The first-order valence-electron chi connectivity index (χ1n) is 28.2. The minimum atomic E-state index is -4.93. The molecule has 2 aliphatic heterocycles. The van der Waals surface area contributed by atoms with Gasteiger partial charge in [0.1, 0.15) is 34.8 Å². The molecule has 10 rings (SSSR count). The third-order valence-electron chi connectivity index (χ3n) is 16.1. The van der Waals surface area contributed by atoms with Gasteiger partial charge in [-0.3, -0.25) is 0 Å². The van der Waals surface area contributed by atoms with E-state index in [9.17, 15) is 10.5 Å². The summed E-state index contributed by atoms with van der Waals surface area (Å²) in [7, 11) is 0. The van der Waals surface area contributed by atoms with Crippen LogP contribution in [0.1, 0.15) is 155 Å². The molecule has 0 saturated carbocycles. The molecule has 0 fully saturated rings. The largest absolute Gasteiger partial charge is 0.738 e. The van der Waals surface area contributed by atoms with Crippen molar-refractivity contribution < 1.29 is 35.7 Å². The maximum atomic E-state index is 18.9. The van der Waals surface area contributed by atoms with E-state index in [1.54, 1.807) is 84.9 Å². The number of ether oxygens (including phenoxy) is 2. The Hall–Kier alpha value is -7.31. The Balaban J connectivity index is 1.29. The van der Waals surface area contributed by atoms with Gasteiger partial charge < -0.3 is 44.6 Å². The number of aromatic nitrogens is 4. The van der Waals surface area contributed by atoms with Gasteiger partial charge in [0.05, 0.1) is 13.2 Å². The highest BCUT2D eigenvalue weighted by atomic mass is 19.3. The minimum Gasteiger partial charge on any atom is -0.494 e. The molecule has 0 N–H and O–H groups in total. The van der Waals surface area contributed by atoms with Crippen LogP contribution in [-0.4, -0.2) is 36.1 Å². The zero-order chi connectivity index (χ0) is 55.3. The molecule has 0 bridgehead atoms. The average molecular weight is 1050 g/mol. The van der Waals surface area contributed by atoms with Crippen molar-refractivity contribution >= 4 is 57.7 Å². The van der Waals surface area contributed by atoms with E-state index in [1.165, 1.54) is 12.8 Å². The van der Waals surface area contributed by atoms with Gasteiger partial charge in [-0.05, 0) is 119 Å². The van der Waals surface area contributed by atoms with Gasteiger partial charge in [-0.1, -0.05) is 132 Å². The van der Waals surface area contributed by atoms with E-state index in [2.05, 4.69) is 67.5 Å². The van der Waals surface area contributed by atoms with Crippen molar-refractivity contribution in [3.8, 4) is 46.2 Å². The van der Waals surface area contributed by atoms with Gasteiger partial charge in [0, 0.05) is 67.9 Å². The molecule has 78 heavy (non-hydrogen) atoms. The fourth-order valence-electron chi connectivity index (χ4n) is 11.9. The van der Waals surface area contributed by atoms with Crippen LogP contribution in [-0.2, 0) is 10.8 Å². The Morgan fingerprint density at radius 1 is 0.474 bits per heavy atom. The highest BCUT2D eigenvalue weighted by Gasteiger charge is 2.56. The topological polar surface area (TPSA) is 83.7 Å². The first-order valence-corrected chi connectivity index (χ1v) is 28.2. The molecule has 0 amide bonds. The minimum absolute atomic E-state index is 0.0127. The first-order chi connectivity index (χ1) is 37.4. The van der Waals surface area contributed by atoms with Gasteiger partial charge in [0.25, 0.3) is 0 Å². The maximum absolute atomic E-state index is 18.9. The van der Waals surface area contributed by atoms with Gasteiger partial charge >= 0.3 is 13.9 Å². The Morgan fingerprint density at radius 2 is 0.833 bits per heavy atom. The number of nitrogens with zero attached hydrogens (tertiary/aromatic N) is 6. The normalized spacial score (nSPS) is 14.5. The van der Waals surface area contributed by atoms with E-state index < -0.39 is 13.9 Å². The summed E-state index contributed by atoms with van der Waals surface area (Å²) >= 11 is 0. The lowest BCUT2D eigenvalue weighted by molar-refractivity contribution is -0.544. The smallest absolute Gasteiger partial charge is 0.494 e. The third-order valence-corrected chi connectivity index (χ3v) is 16.1. The number of rotatable bonds is 18. The van der Waals surface area contributed by atoms with Crippen molar-refractivity contribution in [1.82, 2.24) is 8.96 Å². The number of nitriles is 2. The van der Waals surface area contributed by atoms with E-state index >= 15 is 17.3 Å². The number of halogens is 4. The van der Waals surface area contributed by atoms with Crippen molar-refractivity contribution in [3.05, 3.63) is 142 Å². The van der Waals surface area contributed by atoms with Crippen LogP contribution in [0.4, 0.5) is 17.3 Å². The van der Waals surface area contributed by atoms with Crippen molar-refractivity contribution in [2.75, 3.05) is 13.2 Å². The molecule has 6 heterocycles. The number of fused-ring (bicyclic) bond motifs is 11. The fourth-order valence-corrected chi connectivity index (χ4v) is 11.9. The van der Waals surface area contributed by atoms with E-state index in [-0.39, 0.29) is 88.4 Å². The van der Waals surface area contributed by atoms with Crippen LogP contribution >= 0.6 is 0 Å². The van der Waals surface area contributed by atoms with Gasteiger partial charge in [0.2, 0.25) is 0 Å². The maximum Gasteiger partial charge on any atom is 0.738 e. The lowest BCUT2D eigenvalue weighted by Crippen LogP contribution is -2.71. The van der Waals surface area contributed by atoms with Crippen LogP contribution in [0.3, 0.4) is 0 Å². The Bertz CT molecular complexity index is 3590. The summed E-state index contributed by atoms with van der Waals surface area (Å²) in [6.45, 7) is 7.78. The van der Waals surface area contributed by atoms with Gasteiger partial charge in [0.15, 0.2) is 22.4 Å². The number of pyridine rings is 2. The predicted molar refractivity (Wildman–Crippen MR) is 307 cm³/mol. The third kappa shape index (κ3) is 9.43. The quantitative estimate of drug-likeness (QED) is 0.0487. The molecule has 0 unspecified atom stereocenters. The zero-order valence-electron chi connectivity index (χ0n) is 46.5. The molecular weight excluding hydrogens is 982 g/mol. The van der Waals surface area contributed by atoms with Crippen molar-refractivity contribution in [2.24, 2.45) is 0 Å². The molecule has 14 heteroatoms. The molecule has 0 saturated heterocycles.